The summed E-state index contributed by atoms with van der Waals surface area (Å²) in [5.74, 6) is -2.28. The number of carbonyl (C=O) groups excluding carboxylic acids is 4. The van der Waals surface area contributed by atoms with Crippen molar-refractivity contribution in [1.29, 1.82) is 0 Å². The van der Waals surface area contributed by atoms with E-state index in [1.165, 1.54) is 31.2 Å². The van der Waals surface area contributed by atoms with Crippen molar-refractivity contribution in [3.05, 3.63) is 53.9 Å². The Bertz CT molecular complexity index is 1240. The fourth-order valence-electron chi connectivity index (χ4n) is 4.48. The van der Waals surface area contributed by atoms with Gasteiger partial charge in [0.1, 0.15) is 6.10 Å². The highest BCUT2D eigenvalue weighted by atomic mass is 16.7. The molecule has 1 aromatic heterocycles. The molecule has 1 saturated heterocycles. The van der Waals surface area contributed by atoms with Crippen molar-refractivity contribution in [3.63, 3.8) is 0 Å². The Morgan fingerprint density at radius 2 is 1.86 bits per heavy atom. The van der Waals surface area contributed by atoms with Crippen LogP contribution in [0.5, 0.6) is 11.5 Å². The zero-order valence-corrected chi connectivity index (χ0v) is 25.1. The third-order valence-corrected chi connectivity index (χ3v) is 6.67. The van der Waals surface area contributed by atoms with Gasteiger partial charge < -0.3 is 38.6 Å². The Balaban J connectivity index is 1.78. The van der Waals surface area contributed by atoms with Gasteiger partial charge in [0.25, 0.3) is 5.91 Å². The van der Waals surface area contributed by atoms with Crippen molar-refractivity contribution in [2.24, 2.45) is 5.92 Å². The van der Waals surface area contributed by atoms with Crippen LogP contribution in [-0.2, 0) is 39.8 Å². The molecule has 2 heterocycles. The molecule has 0 bridgehead atoms. The first kappa shape index (κ1) is 33.3. The van der Waals surface area contributed by atoms with Crippen LogP contribution in [0.25, 0.3) is 0 Å². The minimum Gasteiger partial charge on any atom is -0.493 e. The van der Waals surface area contributed by atoms with E-state index in [1.54, 1.807) is 21.0 Å². The summed E-state index contributed by atoms with van der Waals surface area (Å²) in [6.45, 7) is 2.60. The number of nitrogens with zero attached hydrogens (tertiary/aromatic N) is 2. The SMILES string of the molecule is COc1ccnc(C(=O)NC2COCC(Cc3ccccc3)C(OCCC(=O)N(C)C)C(C)OC2=O)c1OCOC(C)=O. The molecule has 1 aliphatic rings. The smallest absolute Gasteiger partial charge is 0.331 e. The number of hydrogen-bond acceptors (Lipinski definition) is 11. The quantitative estimate of drug-likeness (QED) is 0.280. The molecule has 0 saturated carbocycles. The van der Waals surface area contributed by atoms with E-state index >= 15 is 0 Å². The molecule has 234 valence electrons. The molecule has 0 aliphatic carbocycles. The Kier molecular flexibility index (Phi) is 12.7. The van der Waals surface area contributed by atoms with Crippen molar-refractivity contribution in [2.45, 2.75) is 44.9 Å². The minimum absolute atomic E-state index is 0.0712. The predicted octanol–water partition coefficient (Wildman–Crippen LogP) is 1.77. The zero-order valence-electron chi connectivity index (χ0n) is 25.1. The highest BCUT2D eigenvalue weighted by Gasteiger charge is 2.36. The molecule has 1 aromatic carbocycles. The normalized spacial score (nSPS) is 20.4. The van der Waals surface area contributed by atoms with Crippen molar-refractivity contribution in [1.82, 2.24) is 15.2 Å². The molecule has 4 unspecified atom stereocenters. The number of ether oxygens (including phenoxy) is 6. The average molecular weight is 602 g/mol. The van der Waals surface area contributed by atoms with Gasteiger partial charge in [-0.3, -0.25) is 14.4 Å². The molecule has 2 amide bonds. The molecule has 4 atom stereocenters. The zero-order chi connectivity index (χ0) is 31.4. The molecule has 0 radical (unpaired) electrons. The predicted molar refractivity (Wildman–Crippen MR) is 152 cm³/mol. The molecule has 13 nitrogen and oxygen atoms in total. The van der Waals surface area contributed by atoms with E-state index in [9.17, 15) is 19.2 Å². The summed E-state index contributed by atoms with van der Waals surface area (Å²) in [5.41, 5.74) is 0.850. The van der Waals surface area contributed by atoms with Gasteiger partial charge in [0.2, 0.25) is 12.7 Å². The van der Waals surface area contributed by atoms with Crippen molar-refractivity contribution < 1.29 is 47.6 Å². The van der Waals surface area contributed by atoms with E-state index in [0.717, 1.165) is 5.56 Å². The maximum Gasteiger partial charge on any atom is 0.331 e. The molecule has 1 N–H and O–H groups in total. The van der Waals surface area contributed by atoms with Crippen LogP contribution >= 0.6 is 0 Å². The van der Waals surface area contributed by atoms with Crippen LogP contribution in [0.4, 0.5) is 0 Å². The number of nitrogens with one attached hydrogen (secondary N) is 1. The molecule has 0 spiro atoms. The summed E-state index contributed by atoms with van der Waals surface area (Å²) in [5, 5.41) is 2.61. The fourth-order valence-corrected chi connectivity index (χ4v) is 4.48. The third kappa shape index (κ3) is 9.93. The third-order valence-electron chi connectivity index (χ3n) is 6.67. The molecule has 1 aliphatic heterocycles. The highest BCUT2D eigenvalue weighted by molar-refractivity contribution is 5.98. The summed E-state index contributed by atoms with van der Waals surface area (Å²) in [7, 11) is 4.72. The van der Waals surface area contributed by atoms with Crippen molar-refractivity contribution >= 4 is 23.8 Å². The minimum atomic E-state index is -1.18. The fraction of sp³-hybridized carbons (Fsp3) is 0.500. The Hall–Kier alpha value is -4.23. The Morgan fingerprint density at radius 1 is 1.12 bits per heavy atom. The number of amides is 2. The van der Waals surface area contributed by atoms with Gasteiger partial charge in [-0.05, 0) is 18.9 Å². The first-order valence-corrected chi connectivity index (χ1v) is 13.8. The van der Waals surface area contributed by atoms with E-state index < -0.39 is 42.9 Å². The summed E-state index contributed by atoms with van der Waals surface area (Å²) >= 11 is 0. The van der Waals surface area contributed by atoms with Crippen molar-refractivity contribution in [3.8, 4) is 11.5 Å². The number of pyridine rings is 1. The number of rotatable bonds is 12. The monoisotopic (exact) mass is 601 g/mol. The number of aromatic nitrogens is 1. The summed E-state index contributed by atoms with van der Waals surface area (Å²) in [4.78, 5) is 55.4. The number of benzene rings is 1. The van der Waals surface area contributed by atoms with Crippen molar-refractivity contribution in [2.75, 3.05) is 47.8 Å². The lowest BCUT2D eigenvalue weighted by molar-refractivity contribution is -0.161. The van der Waals surface area contributed by atoms with Gasteiger partial charge in [0.05, 0.1) is 39.5 Å². The Labute approximate surface area is 250 Å². The average Bonchev–Trinajstić information content (AvgIpc) is 3.02. The standard InChI is InChI=1S/C30H39N3O10/c1-19-27(40-14-12-25(35)33(3)4)22(15-21-9-7-6-8-10-21)16-39-17-23(30(37)43-19)32-29(36)26-28(42-18-41-20(2)34)24(38-5)11-13-31-26/h6-11,13,19,22-23,27H,12,14-18H2,1-5H3,(H,32,36). The molecule has 3 rings (SSSR count). The van der Waals surface area contributed by atoms with E-state index in [4.69, 9.17) is 28.4 Å². The maximum absolute atomic E-state index is 13.3. The van der Waals surface area contributed by atoms with Crippen LogP contribution in [0.2, 0.25) is 0 Å². The van der Waals surface area contributed by atoms with Gasteiger partial charge in [-0.1, -0.05) is 30.3 Å². The Morgan fingerprint density at radius 3 is 2.53 bits per heavy atom. The summed E-state index contributed by atoms with van der Waals surface area (Å²) < 4.78 is 33.4. The van der Waals surface area contributed by atoms with E-state index in [1.807, 2.05) is 30.3 Å². The number of hydrogen-bond donors (Lipinski definition) is 1. The van der Waals surface area contributed by atoms with Gasteiger partial charge in [-0.25, -0.2) is 9.78 Å². The van der Waals surface area contributed by atoms with E-state index in [2.05, 4.69) is 10.3 Å². The molecule has 1 fully saturated rings. The lowest BCUT2D eigenvalue weighted by Crippen LogP contribution is -2.46. The second kappa shape index (κ2) is 16.4. The van der Waals surface area contributed by atoms with Crippen LogP contribution in [0.15, 0.2) is 42.6 Å². The first-order valence-electron chi connectivity index (χ1n) is 13.8. The topological polar surface area (TPSA) is 152 Å². The molecule has 43 heavy (non-hydrogen) atoms. The molecular formula is C30H39N3O10. The van der Waals surface area contributed by atoms with Gasteiger partial charge in [-0.2, -0.15) is 0 Å². The van der Waals surface area contributed by atoms with Crippen LogP contribution < -0.4 is 14.8 Å². The van der Waals surface area contributed by atoms with Gasteiger partial charge in [0.15, 0.2) is 23.2 Å². The van der Waals surface area contributed by atoms with Gasteiger partial charge in [0, 0.05) is 39.2 Å². The summed E-state index contributed by atoms with van der Waals surface area (Å²) in [6.07, 6.45) is 0.758. The van der Waals surface area contributed by atoms with Gasteiger partial charge >= 0.3 is 11.9 Å². The number of cyclic esters (lactones) is 1. The van der Waals surface area contributed by atoms with E-state index in [-0.39, 0.29) is 55.3 Å². The van der Waals surface area contributed by atoms with Crippen LogP contribution in [-0.4, -0.2) is 99.7 Å². The molecule has 13 heteroatoms. The first-order chi connectivity index (χ1) is 20.6. The lowest BCUT2D eigenvalue weighted by Gasteiger charge is -2.31. The summed E-state index contributed by atoms with van der Waals surface area (Å²) in [6, 6.07) is 10.0. The van der Waals surface area contributed by atoms with Crippen LogP contribution in [0.3, 0.4) is 0 Å². The maximum atomic E-state index is 13.3. The largest absolute Gasteiger partial charge is 0.493 e. The molecule has 2 aromatic rings. The number of esters is 2. The second-order valence-electron chi connectivity index (χ2n) is 10.1. The highest BCUT2D eigenvalue weighted by Crippen LogP contribution is 2.30. The number of carbonyl (C=O) groups is 4. The molecular weight excluding hydrogens is 562 g/mol. The van der Waals surface area contributed by atoms with Gasteiger partial charge in [-0.15, -0.1) is 0 Å². The number of methoxy groups -OCH3 is 1. The lowest BCUT2D eigenvalue weighted by atomic mass is 9.91. The van der Waals surface area contributed by atoms with Crippen LogP contribution in [0.1, 0.15) is 36.3 Å². The van der Waals surface area contributed by atoms with E-state index in [0.29, 0.717) is 6.42 Å². The van der Waals surface area contributed by atoms with Crippen LogP contribution in [0, 0.1) is 5.92 Å². The second-order valence-corrected chi connectivity index (χ2v) is 10.1.